The van der Waals surface area contributed by atoms with E-state index < -0.39 is 0 Å². The lowest BCUT2D eigenvalue weighted by molar-refractivity contribution is 1.06. The van der Waals surface area contributed by atoms with Crippen LogP contribution in [0.1, 0.15) is 17.3 Å². The summed E-state index contributed by atoms with van der Waals surface area (Å²) in [5.74, 6) is 0. The van der Waals surface area contributed by atoms with Gasteiger partial charge >= 0.3 is 0 Å². The van der Waals surface area contributed by atoms with Crippen molar-refractivity contribution in [2.24, 2.45) is 0 Å². The number of pyridine rings is 1. The molecule has 0 aromatic carbocycles. The van der Waals surface area contributed by atoms with Gasteiger partial charge in [-0.15, -0.1) is 11.6 Å². The van der Waals surface area contributed by atoms with Crippen molar-refractivity contribution in [2.45, 2.75) is 12.3 Å². The number of nitrogens with zero attached hydrogens (tertiary/aromatic N) is 2. The zero-order chi connectivity index (χ0) is 8.55. The molecular formula is C8H7ClN2S. The van der Waals surface area contributed by atoms with Crippen molar-refractivity contribution in [3.05, 3.63) is 23.3 Å². The first-order chi connectivity index (χ1) is 5.77. The third-order valence-electron chi connectivity index (χ3n) is 1.52. The number of hydrogen-bond donors (Lipinski definition) is 0. The summed E-state index contributed by atoms with van der Waals surface area (Å²) in [6.45, 7) is 1.92. The third-order valence-corrected chi connectivity index (χ3v) is 3.02. The predicted molar refractivity (Wildman–Crippen MR) is 51.7 cm³/mol. The SMILES string of the molecule is CC(Cl)c1nc2cccnc2s1. The van der Waals surface area contributed by atoms with Gasteiger partial charge < -0.3 is 0 Å². The van der Waals surface area contributed by atoms with E-state index in [9.17, 15) is 0 Å². The molecule has 0 fully saturated rings. The highest BCUT2D eigenvalue weighted by Gasteiger charge is 2.08. The summed E-state index contributed by atoms with van der Waals surface area (Å²) in [7, 11) is 0. The highest BCUT2D eigenvalue weighted by molar-refractivity contribution is 7.18. The van der Waals surface area contributed by atoms with Crippen LogP contribution < -0.4 is 0 Å². The Morgan fingerprint density at radius 1 is 1.58 bits per heavy atom. The Hall–Kier alpha value is -0.670. The van der Waals surface area contributed by atoms with Crippen molar-refractivity contribution < 1.29 is 0 Å². The molecule has 0 spiro atoms. The van der Waals surface area contributed by atoms with Crippen LogP contribution in [0.15, 0.2) is 18.3 Å². The minimum absolute atomic E-state index is 0.0239. The van der Waals surface area contributed by atoms with Crippen LogP contribution in [0.4, 0.5) is 0 Å². The maximum Gasteiger partial charge on any atom is 0.143 e. The van der Waals surface area contributed by atoms with E-state index in [2.05, 4.69) is 9.97 Å². The van der Waals surface area contributed by atoms with Crippen molar-refractivity contribution in [3.63, 3.8) is 0 Å². The molecule has 1 unspecified atom stereocenters. The van der Waals surface area contributed by atoms with Crippen LogP contribution in [0.5, 0.6) is 0 Å². The summed E-state index contributed by atoms with van der Waals surface area (Å²) < 4.78 is 0. The number of fused-ring (bicyclic) bond motifs is 1. The smallest absolute Gasteiger partial charge is 0.143 e. The number of hydrogen-bond acceptors (Lipinski definition) is 3. The van der Waals surface area contributed by atoms with Gasteiger partial charge in [-0.05, 0) is 19.1 Å². The standard InChI is InChI=1S/C8H7ClN2S/c1-5(9)7-11-6-3-2-4-10-8(6)12-7/h2-5H,1H3. The quantitative estimate of drug-likeness (QED) is 0.659. The largest absolute Gasteiger partial charge is 0.244 e. The van der Waals surface area contributed by atoms with Gasteiger partial charge in [-0.3, -0.25) is 0 Å². The monoisotopic (exact) mass is 198 g/mol. The van der Waals surface area contributed by atoms with E-state index in [0.29, 0.717) is 0 Å². The van der Waals surface area contributed by atoms with Crippen LogP contribution >= 0.6 is 22.9 Å². The summed E-state index contributed by atoms with van der Waals surface area (Å²) in [4.78, 5) is 9.48. The van der Waals surface area contributed by atoms with Gasteiger partial charge in [0.15, 0.2) is 0 Å². The van der Waals surface area contributed by atoms with E-state index in [1.54, 1.807) is 17.5 Å². The van der Waals surface area contributed by atoms with Gasteiger partial charge in [0.25, 0.3) is 0 Å². The first kappa shape index (κ1) is 7.95. The van der Waals surface area contributed by atoms with Crippen molar-refractivity contribution >= 4 is 33.3 Å². The number of thiazole rings is 1. The first-order valence-electron chi connectivity index (χ1n) is 3.63. The van der Waals surface area contributed by atoms with E-state index >= 15 is 0 Å². The highest BCUT2D eigenvalue weighted by atomic mass is 35.5. The molecule has 1 atom stereocenters. The van der Waals surface area contributed by atoms with Crippen molar-refractivity contribution in [1.82, 2.24) is 9.97 Å². The summed E-state index contributed by atoms with van der Waals surface area (Å²) in [5, 5.41) is 0.912. The lowest BCUT2D eigenvalue weighted by Crippen LogP contribution is -1.79. The topological polar surface area (TPSA) is 25.8 Å². The molecule has 2 nitrogen and oxygen atoms in total. The Kier molecular flexibility index (Phi) is 1.98. The van der Waals surface area contributed by atoms with Crippen LogP contribution in [0.2, 0.25) is 0 Å². The molecule has 0 saturated carbocycles. The molecule has 2 heterocycles. The Balaban J connectivity index is 2.62. The second-order valence-electron chi connectivity index (χ2n) is 2.50. The summed E-state index contributed by atoms with van der Waals surface area (Å²) in [6.07, 6.45) is 1.77. The van der Waals surface area contributed by atoms with Crippen LogP contribution in [0.25, 0.3) is 10.3 Å². The zero-order valence-electron chi connectivity index (χ0n) is 6.49. The lowest BCUT2D eigenvalue weighted by Gasteiger charge is -1.91. The fourth-order valence-electron chi connectivity index (χ4n) is 0.957. The molecule has 4 heteroatoms. The van der Waals surface area contributed by atoms with Gasteiger partial charge in [0, 0.05) is 6.20 Å². The van der Waals surface area contributed by atoms with E-state index in [4.69, 9.17) is 11.6 Å². The number of rotatable bonds is 1. The molecule has 0 amide bonds. The molecule has 62 valence electrons. The normalized spacial score (nSPS) is 13.5. The van der Waals surface area contributed by atoms with Crippen LogP contribution in [0.3, 0.4) is 0 Å². The Morgan fingerprint density at radius 3 is 3.08 bits per heavy atom. The first-order valence-corrected chi connectivity index (χ1v) is 4.88. The van der Waals surface area contributed by atoms with Crippen molar-refractivity contribution in [1.29, 1.82) is 0 Å². The van der Waals surface area contributed by atoms with Crippen LogP contribution in [-0.4, -0.2) is 9.97 Å². The Bertz CT molecular complexity index is 364. The minimum atomic E-state index is -0.0239. The fraction of sp³-hybridized carbons (Fsp3) is 0.250. The highest BCUT2D eigenvalue weighted by Crippen LogP contribution is 2.27. The van der Waals surface area contributed by atoms with Crippen LogP contribution in [-0.2, 0) is 0 Å². The van der Waals surface area contributed by atoms with Gasteiger partial charge in [-0.2, -0.15) is 0 Å². The Labute approximate surface area is 79.2 Å². The number of alkyl halides is 1. The molecule has 0 N–H and O–H groups in total. The summed E-state index contributed by atoms with van der Waals surface area (Å²) in [5.41, 5.74) is 0.935. The van der Waals surface area contributed by atoms with Gasteiger partial charge in [0.1, 0.15) is 15.4 Å². The average molecular weight is 199 g/mol. The molecule has 0 bridgehead atoms. The fourth-order valence-corrected chi connectivity index (χ4v) is 1.98. The molecule has 2 rings (SSSR count). The number of halogens is 1. The average Bonchev–Trinajstić information content (AvgIpc) is 2.46. The second-order valence-corrected chi connectivity index (χ2v) is 4.16. The molecule has 0 aliphatic rings. The molecule has 0 saturated heterocycles. The summed E-state index contributed by atoms with van der Waals surface area (Å²) >= 11 is 7.45. The van der Waals surface area contributed by atoms with E-state index in [1.165, 1.54) is 0 Å². The van der Waals surface area contributed by atoms with Crippen molar-refractivity contribution in [2.75, 3.05) is 0 Å². The predicted octanol–water partition coefficient (Wildman–Crippen LogP) is 2.99. The summed E-state index contributed by atoms with van der Waals surface area (Å²) in [6, 6.07) is 3.83. The zero-order valence-corrected chi connectivity index (χ0v) is 8.06. The molecule has 0 aliphatic carbocycles. The molecule has 0 radical (unpaired) electrons. The molecule has 2 aromatic heterocycles. The van der Waals surface area contributed by atoms with Crippen LogP contribution in [0, 0.1) is 0 Å². The maximum atomic E-state index is 5.89. The van der Waals surface area contributed by atoms with Gasteiger partial charge in [0.05, 0.1) is 5.38 Å². The second kappa shape index (κ2) is 2.99. The maximum absolute atomic E-state index is 5.89. The number of aromatic nitrogens is 2. The van der Waals surface area contributed by atoms with Crippen molar-refractivity contribution in [3.8, 4) is 0 Å². The molecular weight excluding hydrogens is 192 g/mol. The van der Waals surface area contributed by atoms with Gasteiger partial charge in [0.2, 0.25) is 0 Å². The lowest BCUT2D eigenvalue weighted by atomic mass is 10.4. The molecule has 12 heavy (non-hydrogen) atoms. The van der Waals surface area contributed by atoms with Gasteiger partial charge in [-0.25, -0.2) is 9.97 Å². The minimum Gasteiger partial charge on any atom is -0.244 e. The molecule has 2 aromatic rings. The van der Waals surface area contributed by atoms with E-state index in [-0.39, 0.29) is 5.38 Å². The Morgan fingerprint density at radius 2 is 2.42 bits per heavy atom. The van der Waals surface area contributed by atoms with Gasteiger partial charge in [-0.1, -0.05) is 11.3 Å². The van der Waals surface area contributed by atoms with E-state index in [0.717, 1.165) is 15.4 Å². The van der Waals surface area contributed by atoms with E-state index in [1.807, 2.05) is 19.1 Å². The molecule has 0 aliphatic heterocycles. The third kappa shape index (κ3) is 1.30.